The molecule has 8 heteroatoms. The summed E-state index contributed by atoms with van der Waals surface area (Å²) in [6.45, 7) is 0. The van der Waals surface area contributed by atoms with Crippen molar-refractivity contribution < 1.29 is 34.6 Å². The Morgan fingerprint density at radius 2 is 0.870 bits per heavy atom. The summed E-state index contributed by atoms with van der Waals surface area (Å²) in [6, 6.07) is 51.9. The van der Waals surface area contributed by atoms with Crippen LogP contribution in [0.4, 0.5) is 0 Å². The first-order chi connectivity index (χ1) is 26.3. The van der Waals surface area contributed by atoms with Crippen molar-refractivity contribution >= 4 is 87.5 Å². The number of hydrogen-bond donors (Lipinski definition) is 0. The van der Waals surface area contributed by atoms with Crippen LogP contribution in [0.15, 0.2) is 155 Å². The van der Waals surface area contributed by atoms with Gasteiger partial charge in [-0.2, -0.15) is 12.1 Å². The summed E-state index contributed by atoms with van der Waals surface area (Å²) in [6.07, 6.45) is 3.62. The summed E-state index contributed by atoms with van der Waals surface area (Å²) in [5.41, 5.74) is 7.07. The number of nitrogens with zero attached hydrogens (tertiary/aromatic N) is 4. The van der Waals surface area contributed by atoms with Gasteiger partial charge in [0.25, 0.3) is 0 Å². The van der Waals surface area contributed by atoms with Crippen molar-refractivity contribution in [3.8, 4) is 23.1 Å². The van der Waals surface area contributed by atoms with E-state index >= 15 is 0 Å². The Labute approximate surface area is 320 Å². The van der Waals surface area contributed by atoms with Gasteiger partial charge in [-0.15, -0.1) is 35.0 Å². The van der Waals surface area contributed by atoms with E-state index < -0.39 is 0 Å². The van der Waals surface area contributed by atoms with E-state index in [1.54, 1.807) is 0 Å². The van der Waals surface area contributed by atoms with Gasteiger partial charge >= 0.3 is 21.1 Å². The Bertz CT molecular complexity index is 3200. The van der Waals surface area contributed by atoms with Crippen molar-refractivity contribution in [2.75, 3.05) is 0 Å². The summed E-state index contributed by atoms with van der Waals surface area (Å²) in [5.74, 6) is 2.68. The number of rotatable bonds is 4. The molecule has 7 nitrogen and oxygen atoms in total. The van der Waals surface area contributed by atoms with Crippen molar-refractivity contribution in [2.45, 2.75) is 0 Å². The van der Waals surface area contributed by atoms with Gasteiger partial charge in [0, 0.05) is 34.7 Å². The number of para-hydroxylation sites is 2. The first-order valence-electron chi connectivity index (χ1n) is 17.4. The topological polar surface area (TPSA) is 71.2 Å². The van der Waals surface area contributed by atoms with E-state index in [4.69, 9.17) is 23.5 Å². The van der Waals surface area contributed by atoms with Gasteiger partial charge in [0.15, 0.2) is 0 Å². The molecular weight excluding hydrogens is 852 g/mol. The maximum Gasteiger partial charge on any atom is 2.00 e. The number of benzene rings is 6. The number of furan rings is 2. The molecular formula is C46H24N4O3Pt. The van der Waals surface area contributed by atoms with E-state index in [0.29, 0.717) is 11.5 Å². The van der Waals surface area contributed by atoms with E-state index in [2.05, 4.69) is 69.8 Å². The summed E-state index contributed by atoms with van der Waals surface area (Å²) in [4.78, 5) is 9.57. The van der Waals surface area contributed by atoms with Crippen LogP contribution in [-0.4, -0.2) is 19.1 Å². The summed E-state index contributed by atoms with van der Waals surface area (Å²) >= 11 is 0. The van der Waals surface area contributed by atoms with E-state index in [-0.39, 0.29) is 21.1 Å². The molecule has 0 spiro atoms. The molecule has 0 aliphatic carbocycles. The van der Waals surface area contributed by atoms with Gasteiger partial charge in [0.2, 0.25) is 0 Å². The van der Waals surface area contributed by atoms with Gasteiger partial charge in [-0.25, -0.2) is 9.97 Å². The van der Waals surface area contributed by atoms with E-state index in [1.165, 1.54) is 0 Å². The van der Waals surface area contributed by atoms with Crippen LogP contribution in [0.5, 0.6) is 11.5 Å². The molecule has 0 saturated carbocycles. The normalized spacial score (nSPS) is 11.9. The van der Waals surface area contributed by atoms with Gasteiger partial charge in [-0.3, -0.25) is 0 Å². The van der Waals surface area contributed by atoms with Crippen LogP contribution in [0, 0.1) is 12.1 Å². The fraction of sp³-hybridized carbons (Fsp3) is 0. The van der Waals surface area contributed by atoms with Crippen molar-refractivity contribution in [3.63, 3.8) is 0 Å². The van der Waals surface area contributed by atoms with Crippen LogP contribution in [0.2, 0.25) is 0 Å². The standard InChI is InChI=1S/C46H24N4O3.Pt/c1-3-11-37-33(9-1)43-39(52-37)21-19-31-29-17-15-27(25-35(29)49(45(31)43)41-13-5-7-23-47-41)51-28-16-18-30-32-20-22-40-44(34-10-2-4-12-38(34)53-40)46(32)50(36(30)26-28)42-14-6-8-24-48-42;/h1-24H;/q-2;+2. The van der Waals surface area contributed by atoms with E-state index in [1.807, 2.05) is 97.3 Å². The number of hydrogen-bond acceptors (Lipinski definition) is 5. The van der Waals surface area contributed by atoms with Gasteiger partial charge in [0.05, 0.1) is 21.8 Å². The molecule has 0 bridgehead atoms. The molecule has 6 heterocycles. The zero-order valence-corrected chi connectivity index (χ0v) is 30.5. The Balaban J connectivity index is 0.00000341. The van der Waals surface area contributed by atoms with Crippen molar-refractivity contribution in [1.82, 2.24) is 19.1 Å². The summed E-state index contributed by atoms with van der Waals surface area (Å²) in [5, 5.41) is 8.42. The van der Waals surface area contributed by atoms with Crippen molar-refractivity contribution in [2.24, 2.45) is 0 Å². The van der Waals surface area contributed by atoms with E-state index in [0.717, 1.165) is 99.1 Å². The second-order valence-electron chi connectivity index (χ2n) is 13.2. The number of fused-ring (bicyclic) bond motifs is 14. The predicted molar refractivity (Wildman–Crippen MR) is 209 cm³/mol. The number of aromatic nitrogens is 4. The SMILES string of the molecule is [Pt+2].[c-]1c(Oc2[c-]c3c(cc2)c2ccc4oc5ccccc5c4c2n3-c2ccccn2)ccc2c3ccc4oc5ccccc5c4c3n(-c3ccccn3)c12. The minimum atomic E-state index is 0. The minimum Gasteiger partial charge on any atom is -0.509 e. The van der Waals surface area contributed by atoms with Gasteiger partial charge in [-0.1, -0.05) is 71.7 Å². The molecule has 0 N–H and O–H groups in total. The van der Waals surface area contributed by atoms with Crippen LogP contribution in [0.3, 0.4) is 0 Å². The smallest absolute Gasteiger partial charge is 0.509 e. The van der Waals surface area contributed by atoms with E-state index in [9.17, 15) is 0 Å². The summed E-state index contributed by atoms with van der Waals surface area (Å²) in [7, 11) is 0. The third kappa shape index (κ3) is 4.33. The second kappa shape index (κ2) is 11.7. The molecule has 6 aromatic carbocycles. The third-order valence-corrected chi connectivity index (χ3v) is 10.3. The van der Waals surface area contributed by atoms with Gasteiger partial charge in [0.1, 0.15) is 34.0 Å². The zero-order chi connectivity index (χ0) is 34.6. The van der Waals surface area contributed by atoms with Crippen LogP contribution in [-0.2, 0) is 21.1 Å². The monoisotopic (exact) mass is 875 g/mol. The van der Waals surface area contributed by atoms with Crippen LogP contribution in [0.1, 0.15) is 0 Å². The molecule has 0 unspecified atom stereocenters. The summed E-state index contributed by atoms with van der Waals surface area (Å²) < 4.78 is 23.6. The number of pyridine rings is 2. The zero-order valence-electron chi connectivity index (χ0n) is 28.2. The second-order valence-corrected chi connectivity index (χ2v) is 13.2. The average molecular weight is 876 g/mol. The maximum atomic E-state index is 6.64. The van der Waals surface area contributed by atoms with Crippen LogP contribution in [0.25, 0.3) is 99.1 Å². The Morgan fingerprint density at radius 3 is 1.33 bits per heavy atom. The van der Waals surface area contributed by atoms with Crippen molar-refractivity contribution in [1.29, 1.82) is 0 Å². The molecule has 0 atom stereocenters. The maximum absolute atomic E-state index is 6.64. The van der Waals surface area contributed by atoms with Gasteiger partial charge in [-0.05, 0) is 59.3 Å². The molecule has 0 radical (unpaired) electrons. The molecule has 0 amide bonds. The molecule has 0 aliphatic rings. The fourth-order valence-corrected chi connectivity index (χ4v) is 8.10. The van der Waals surface area contributed by atoms with Crippen LogP contribution < -0.4 is 4.74 Å². The van der Waals surface area contributed by atoms with Crippen LogP contribution >= 0.6 is 0 Å². The Morgan fingerprint density at radius 1 is 0.426 bits per heavy atom. The molecule has 12 aromatic rings. The first kappa shape index (κ1) is 30.9. The Hall–Kier alpha value is -6.69. The fourth-order valence-electron chi connectivity index (χ4n) is 8.10. The molecule has 54 heavy (non-hydrogen) atoms. The quantitative estimate of drug-likeness (QED) is 0.165. The molecule has 6 aromatic heterocycles. The largest absolute Gasteiger partial charge is 2.00 e. The minimum absolute atomic E-state index is 0. The average Bonchev–Trinajstić information content (AvgIpc) is 3.95. The molecule has 256 valence electrons. The first-order valence-corrected chi connectivity index (χ1v) is 17.4. The Kier molecular flexibility index (Phi) is 6.67. The van der Waals surface area contributed by atoms with Gasteiger partial charge < -0.3 is 22.7 Å². The molecule has 0 saturated heterocycles. The molecule has 12 rings (SSSR count). The van der Waals surface area contributed by atoms with Crippen molar-refractivity contribution in [3.05, 3.63) is 158 Å². The molecule has 0 aliphatic heterocycles. The molecule has 0 fully saturated rings. The predicted octanol–water partition coefficient (Wildman–Crippen LogP) is 11.9. The third-order valence-electron chi connectivity index (χ3n) is 10.3. The number of ether oxygens (including phenoxy) is 1.